The van der Waals surface area contributed by atoms with E-state index in [0.717, 1.165) is 18.4 Å². The first kappa shape index (κ1) is 29.8. The maximum Gasteiger partial charge on any atom is 0.306 e. The molecule has 2 aromatic rings. The number of rotatable bonds is 11. The Hall–Kier alpha value is -3.70. The van der Waals surface area contributed by atoms with Crippen molar-refractivity contribution >= 4 is 23.5 Å². The van der Waals surface area contributed by atoms with E-state index in [1.807, 2.05) is 36.4 Å². The number of pyridine rings is 1. The minimum absolute atomic E-state index is 0.0180. The number of carboxylic acids is 1. The molecule has 0 spiro atoms. The van der Waals surface area contributed by atoms with Crippen LogP contribution in [-0.4, -0.2) is 81.3 Å². The number of hydrogen-bond acceptors (Lipinski definition) is 9. The maximum atomic E-state index is 13.6. The quantitative estimate of drug-likeness (QED) is 0.362. The lowest BCUT2D eigenvalue weighted by atomic mass is 9.84. The van der Waals surface area contributed by atoms with Crippen LogP contribution >= 0.6 is 0 Å². The Balaban J connectivity index is 1.30. The lowest BCUT2D eigenvalue weighted by Crippen LogP contribution is -2.50. The van der Waals surface area contributed by atoms with E-state index >= 15 is 0 Å². The molecule has 3 aliphatic rings. The van der Waals surface area contributed by atoms with Gasteiger partial charge in [-0.15, -0.1) is 0 Å². The van der Waals surface area contributed by atoms with Crippen LogP contribution in [0.2, 0.25) is 0 Å². The fraction of sp³-hybridized carbons (Fsp3) is 0.548. The Bertz CT molecular complexity index is 1240. The van der Waals surface area contributed by atoms with Crippen LogP contribution in [0.15, 0.2) is 47.6 Å². The fourth-order valence-electron chi connectivity index (χ4n) is 6.51. The van der Waals surface area contributed by atoms with Gasteiger partial charge in [0.25, 0.3) is 0 Å². The van der Waals surface area contributed by atoms with E-state index in [4.69, 9.17) is 15.2 Å². The summed E-state index contributed by atoms with van der Waals surface area (Å²) in [6.07, 6.45) is 6.66. The number of aliphatic carboxylic acids is 1. The molecule has 1 aliphatic carbocycles. The minimum atomic E-state index is -0.773. The molecule has 1 aromatic carbocycles. The first-order valence-corrected chi connectivity index (χ1v) is 15.0. The molecule has 1 amide bonds. The third-order valence-electron chi connectivity index (χ3n) is 8.79. The normalized spacial score (nSPS) is 21.6. The second-order valence-electron chi connectivity index (χ2n) is 11.4. The topological polar surface area (TPSA) is 151 Å². The Kier molecular flexibility index (Phi) is 9.91. The number of fused-ring (bicyclic) bond motifs is 1. The van der Waals surface area contributed by atoms with Gasteiger partial charge in [0.05, 0.1) is 24.4 Å². The predicted octanol–water partition coefficient (Wildman–Crippen LogP) is 3.68. The number of aliphatic imine (C=N–C) groups is 1. The van der Waals surface area contributed by atoms with E-state index in [1.54, 1.807) is 11.1 Å². The Morgan fingerprint density at radius 3 is 2.55 bits per heavy atom. The van der Waals surface area contributed by atoms with Crippen LogP contribution in [0.3, 0.4) is 0 Å². The van der Waals surface area contributed by atoms with Gasteiger partial charge in [0.15, 0.2) is 5.96 Å². The van der Waals surface area contributed by atoms with Crippen molar-refractivity contribution < 1.29 is 29.3 Å². The number of hydrogen-bond donors (Lipinski definition) is 3. The molecule has 0 radical (unpaired) electrons. The third-order valence-corrected chi connectivity index (χ3v) is 8.79. The molecule has 4 N–H and O–H groups in total. The minimum Gasteiger partial charge on any atom is -0.481 e. The average molecular weight is 580 g/mol. The van der Waals surface area contributed by atoms with E-state index in [2.05, 4.69) is 14.9 Å². The molecule has 11 nitrogen and oxygen atoms in total. The van der Waals surface area contributed by atoms with Crippen molar-refractivity contribution in [1.82, 2.24) is 14.8 Å². The summed E-state index contributed by atoms with van der Waals surface area (Å²) in [6.45, 7) is 1.98. The summed E-state index contributed by atoms with van der Waals surface area (Å²) in [5.74, 6) is 0.711. The van der Waals surface area contributed by atoms with Crippen molar-refractivity contribution in [3.05, 3.63) is 48.2 Å². The van der Waals surface area contributed by atoms with E-state index < -0.39 is 5.97 Å². The van der Waals surface area contributed by atoms with Gasteiger partial charge < -0.3 is 35.2 Å². The van der Waals surface area contributed by atoms with E-state index in [-0.39, 0.29) is 43.0 Å². The molecular formula is C31H41N5O6. The SMILES string of the molecule is NC1=Nc2cnc(Oc3ccccc3)cc2CN1[C@@H](CCC(=O)N(CCO)C1CCC(C(=O)O)CC1)C1CCOCC1. The second kappa shape index (κ2) is 14.0. The van der Waals surface area contributed by atoms with E-state index in [0.29, 0.717) is 81.6 Å². The highest BCUT2D eigenvalue weighted by Gasteiger charge is 2.35. The molecular weight excluding hydrogens is 538 g/mol. The lowest BCUT2D eigenvalue weighted by molar-refractivity contribution is -0.143. The largest absolute Gasteiger partial charge is 0.481 e. The molecule has 2 aliphatic heterocycles. The molecule has 0 unspecified atom stereocenters. The predicted molar refractivity (Wildman–Crippen MR) is 156 cm³/mol. The molecule has 1 aromatic heterocycles. The summed E-state index contributed by atoms with van der Waals surface area (Å²) in [5.41, 5.74) is 8.20. The number of aromatic nitrogens is 1. The van der Waals surface area contributed by atoms with Crippen LogP contribution in [0.4, 0.5) is 5.69 Å². The van der Waals surface area contributed by atoms with Crippen LogP contribution in [-0.2, 0) is 20.9 Å². The first-order valence-electron chi connectivity index (χ1n) is 15.0. The van der Waals surface area contributed by atoms with Gasteiger partial charge in [-0.05, 0) is 63.0 Å². The lowest BCUT2D eigenvalue weighted by Gasteiger charge is -2.41. The van der Waals surface area contributed by atoms with Gasteiger partial charge in [-0.25, -0.2) is 9.98 Å². The van der Waals surface area contributed by atoms with Gasteiger partial charge in [0, 0.05) is 56.4 Å². The fourth-order valence-corrected chi connectivity index (χ4v) is 6.51. The maximum absolute atomic E-state index is 13.6. The molecule has 11 heteroatoms. The van der Waals surface area contributed by atoms with Crippen molar-refractivity contribution in [2.75, 3.05) is 26.4 Å². The molecule has 226 valence electrons. The summed E-state index contributed by atoms with van der Waals surface area (Å²) in [7, 11) is 0. The summed E-state index contributed by atoms with van der Waals surface area (Å²) in [6, 6.07) is 11.3. The van der Waals surface area contributed by atoms with Crippen LogP contribution in [0, 0.1) is 11.8 Å². The summed E-state index contributed by atoms with van der Waals surface area (Å²) < 4.78 is 11.6. The first-order chi connectivity index (χ1) is 20.4. The number of nitrogens with zero attached hydrogens (tertiary/aromatic N) is 4. The number of carbonyl (C=O) groups excluding carboxylic acids is 1. The van der Waals surface area contributed by atoms with Gasteiger partial charge in [0.1, 0.15) is 5.75 Å². The number of carbonyl (C=O) groups is 2. The van der Waals surface area contributed by atoms with Crippen molar-refractivity contribution in [2.45, 2.75) is 70.0 Å². The highest BCUT2D eigenvalue weighted by atomic mass is 16.5. The van der Waals surface area contributed by atoms with E-state index in [1.165, 1.54) is 0 Å². The van der Waals surface area contributed by atoms with Gasteiger partial charge in [-0.1, -0.05) is 18.2 Å². The number of aliphatic hydroxyl groups is 1. The monoisotopic (exact) mass is 579 g/mol. The highest BCUT2D eigenvalue weighted by Crippen LogP contribution is 2.35. The molecule has 1 atom stereocenters. The third kappa shape index (κ3) is 7.19. The Morgan fingerprint density at radius 1 is 1.12 bits per heavy atom. The number of para-hydroxylation sites is 1. The number of amides is 1. The summed E-state index contributed by atoms with van der Waals surface area (Å²) >= 11 is 0. The summed E-state index contributed by atoms with van der Waals surface area (Å²) in [5, 5.41) is 19.1. The second-order valence-corrected chi connectivity index (χ2v) is 11.4. The smallest absolute Gasteiger partial charge is 0.306 e. The molecule has 5 rings (SSSR count). The van der Waals surface area contributed by atoms with Crippen LogP contribution in [0.1, 0.15) is 56.9 Å². The number of carboxylic acid groups (broad SMARTS) is 1. The average Bonchev–Trinajstić information content (AvgIpc) is 3.01. The molecule has 3 heterocycles. The van der Waals surface area contributed by atoms with Crippen LogP contribution in [0.25, 0.3) is 0 Å². The van der Waals surface area contributed by atoms with E-state index in [9.17, 15) is 19.8 Å². The summed E-state index contributed by atoms with van der Waals surface area (Å²) in [4.78, 5) is 37.9. The molecule has 42 heavy (non-hydrogen) atoms. The Morgan fingerprint density at radius 2 is 1.86 bits per heavy atom. The van der Waals surface area contributed by atoms with Crippen molar-refractivity contribution in [3.8, 4) is 11.6 Å². The molecule has 2 fully saturated rings. The molecule has 1 saturated carbocycles. The zero-order valence-corrected chi connectivity index (χ0v) is 23.9. The number of ether oxygens (including phenoxy) is 2. The van der Waals surface area contributed by atoms with Crippen LogP contribution < -0.4 is 10.5 Å². The zero-order valence-electron chi connectivity index (χ0n) is 23.9. The molecule has 0 bridgehead atoms. The van der Waals surface area contributed by atoms with Gasteiger partial charge in [-0.3, -0.25) is 9.59 Å². The zero-order chi connectivity index (χ0) is 29.5. The number of guanidine groups is 1. The standard InChI is InChI=1S/C31H41N5O6/c32-31-34-26-19-33-28(42-25-4-2-1-3-5-25)18-23(26)20-36(31)27(21-12-16-41-17-13-21)10-11-29(38)35(14-15-37)24-8-6-22(7-9-24)30(39)40/h1-5,18-19,21-22,24,27,37H,6-17,20H2,(H2,32,34)(H,39,40)/t22?,24?,27-/m0/s1. The molecule has 1 saturated heterocycles. The van der Waals surface area contributed by atoms with Crippen molar-refractivity contribution in [3.63, 3.8) is 0 Å². The number of benzene rings is 1. The van der Waals surface area contributed by atoms with Gasteiger partial charge in [-0.2, -0.15) is 0 Å². The van der Waals surface area contributed by atoms with Gasteiger partial charge in [0.2, 0.25) is 11.8 Å². The number of aliphatic hydroxyl groups excluding tert-OH is 1. The highest BCUT2D eigenvalue weighted by molar-refractivity contribution is 5.84. The van der Waals surface area contributed by atoms with Gasteiger partial charge >= 0.3 is 5.97 Å². The van der Waals surface area contributed by atoms with Crippen LogP contribution in [0.5, 0.6) is 11.6 Å². The van der Waals surface area contributed by atoms with Crippen molar-refractivity contribution in [1.29, 1.82) is 0 Å². The van der Waals surface area contributed by atoms with Crippen molar-refractivity contribution in [2.24, 2.45) is 22.6 Å². The number of nitrogens with two attached hydrogens (primary N) is 1. The Labute approximate surface area is 246 Å².